The van der Waals surface area contributed by atoms with Crippen LogP contribution in [0.5, 0.6) is 0 Å². The van der Waals surface area contributed by atoms with Gasteiger partial charge in [0.25, 0.3) is 0 Å². The van der Waals surface area contributed by atoms with E-state index in [0.717, 1.165) is 5.69 Å². The maximum Gasteiger partial charge on any atom is 0.0314 e. The molecule has 0 saturated carbocycles. The van der Waals surface area contributed by atoms with Gasteiger partial charge in [-0.2, -0.15) is 0 Å². The fourth-order valence-electron chi connectivity index (χ4n) is 1.66. The van der Waals surface area contributed by atoms with E-state index < -0.39 is 0 Å². The molecule has 1 saturated heterocycles. The predicted octanol–water partition coefficient (Wildman–Crippen LogP) is 2.11. The van der Waals surface area contributed by atoms with Gasteiger partial charge >= 0.3 is 0 Å². The summed E-state index contributed by atoms with van der Waals surface area (Å²) in [5.74, 6) is 1.17. The van der Waals surface area contributed by atoms with Gasteiger partial charge in [0, 0.05) is 22.4 Å². The largest absolute Gasteiger partial charge is 0.399 e. The third kappa shape index (κ3) is 2.66. The molecule has 0 radical (unpaired) electrons. The van der Waals surface area contributed by atoms with Crippen LogP contribution in [0.15, 0.2) is 29.2 Å². The maximum atomic E-state index is 5.62. The zero-order valence-electron chi connectivity index (χ0n) is 8.20. The summed E-state index contributed by atoms with van der Waals surface area (Å²) in [5.41, 5.74) is 6.46. The SMILES string of the molecule is Nc1ccc(SCC2CCCN2)cc1. The van der Waals surface area contributed by atoms with E-state index in [1.165, 1.54) is 30.0 Å². The Labute approximate surface area is 89.3 Å². The van der Waals surface area contributed by atoms with Gasteiger partial charge in [-0.3, -0.25) is 0 Å². The van der Waals surface area contributed by atoms with Crippen LogP contribution in [0, 0.1) is 0 Å². The Kier molecular flexibility index (Phi) is 3.32. The molecule has 1 aliphatic rings. The standard InChI is InChI=1S/C11H16N2S/c12-9-3-5-11(6-4-9)14-8-10-2-1-7-13-10/h3-6,10,13H,1-2,7-8,12H2. The number of rotatable bonds is 3. The minimum atomic E-state index is 0.706. The number of benzene rings is 1. The van der Waals surface area contributed by atoms with Gasteiger partial charge in [0.1, 0.15) is 0 Å². The zero-order chi connectivity index (χ0) is 9.80. The molecule has 1 heterocycles. The summed E-state index contributed by atoms with van der Waals surface area (Å²) in [7, 11) is 0. The molecule has 0 spiro atoms. The average molecular weight is 208 g/mol. The monoisotopic (exact) mass is 208 g/mol. The highest BCUT2D eigenvalue weighted by atomic mass is 32.2. The summed E-state index contributed by atoms with van der Waals surface area (Å²) in [6.45, 7) is 1.19. The van der Waals surface area contributed by atoms with Crippen LogP contribution >= 0.6 is 11.8 Å². The molecule has 76 valence electrons. The fourth-order valence-corrected chi connectivity index (χ4v) is 2.67. The van der Waals surface area contributed by atoms with E-state index in [4.69, 9.17) is 5.73 Å². The summed E-state index contributed by atoms with van der Waals surface area (Å²) in [4.78, 5) is 1.31. The van der Waals surface area contributed by atoms with E-state index in [0.29, 0.717) is 6.04 Å². The molecule has 1 fully saturated rings. The first-order valence-electron chi connectivity index (χ1n) is 5.06. The summed E-state index contributed by atoms with van der Waals surface area (Å²) in [5, 5.41) is 3.49. The molecular weight excluding hydrogens is 192 g/mol. The molecular formula is C11H16N2S. The fraction of sp³-hybridized carbons (Fsp3) is 0.455. The molecule has 1 aliphatic heterocycles. The van der Waals surface area contributed by atoms with E-state index in [1.807, 2.05) is 23.9 Å². The molecule has 1 atom stereocenters. The molecule has 2 nitrogen and oxygen atoms in total. The van der Waals surface area contributed by atoms with Gasteiger partial charge in [0.2, 0.25) is 0 Å². The van der Waals surface area contributed by atoms with Crippen molar-refractivity contribution in [2.24, 2.45) is 0 Å². The molecule has 1 aromatic carbocycles. The minimum Gasteiger partial charge on any atom is -0.399 e. The number of thioether (sulfide) groups is 1. The Morgan fingerprint density at radius 3 is 2.79 bits per heavy atom. The first-order chi connectivity index (χ1) is 6.84. The molecule has 2 rings (SSSR count). The van der Waals surface area contributed by atoms with Crippen LogP contribution in [-0.2, 0) is 0 Å². The number of anilines is 1. The van der Waals surface area contributed by atoms with Crippen molar-refractivity contribution < 1.29 is 0 Å². The molecule has 3 N–H and O–H groups in total. The highest BCUT2D eigenvalue weighted by Crippen LogP contribution is 2.22. The van der Waals surface area contributed by atoms with Gasteiger partial charge in [-0.25, -0.2) is 0 Å². The summed E-state index contributed by atoms with van der Waals surface area (Å²) in [6, 6.07) is 8.82. The Balaban J connectivity index is 1.82. The van der Waals surface area contributed by atoms with Gasteiger partial charge < -0.3 is 11.1 Å². The maximum absolute atomic E-state index is 5.62. The second kappa shape index (κ2) is 4.71. The number of hydrogen-bond donors (Lipinski definition) is 2. The van der Waals surface area contributed by atoms with Crippen LogP contribution in [0.25, 0.3) is 0 Å². The molecule has 14 heavy (non-hydrogen) atoms. The van der Waals surface area contributed by atoms with Crippen molar-refractivity contribution >= 4 is 17.4 Å². The second-order valence-electron chi connectivity index (χ2n) is 3.67. The highest BCUT2D eigenvalue weighted by molar-refractivity contribution is 7.99. The number of nitrogens with two attached hydrogens (primary N) is 1. The number of nitrogen functional groups attached to an aromatic ring is 1. The molecule has 0 bridgehead atoms. The molecule has 0 amide bonds. The molecule has 1 unspecified atom stereocenters. The summed E-state index contributed by atoms with van der Waals surface area (Å²) in [6.07, 6.45) is 2.65. The van der Waals surface area contributed by atoms with Crippen molar-refractivity contribution in [2.75, 3.05) is 18.0 Å². The Bertz CT molecular complexity index is 278. The van der Waals surface area contributed by atoms with Crippen LogP contribution in [0.1, 0.15) is 12.8 Å². The number of hydrogen-bond acceptors (Lipinski definition) is 3. The zero-order valence-corrected chi connectivity index (χ0v) is 9.02. The van der Waals surface area contributed by atoms with Gasteiger partial charge in [-0.15, -0.1) is 11.8 Å². The van der Waals surface area contributed by atoms with Gasteiger partial charge in [0.05, 0.1) is 0 Å². The quantitative estimate of drug-likeness (QED) is 0.590. The van der Waals surface area contributed by atoms with Gasteiger partial charge in [-0.1, -0.05) is 0 Å². The van der Waals surface area contributed by atoms with E-state index in [1.54, 1.807) is 0 Å². The minimum absolute atomic E-state index is 0.706. The summed E-state index contributed by atoms with van der Waals surface area (Å²) < 4.78 is 0. The first kappa shape index (κ1) is 9.87. The van der Waals surface area contributed by atoms with E-state index in [-0.39, 0.29) is 0 Å². The van der Waals surface area contributed by atoms with Crippen LogP contribution in [0.3, 0.4) is 0 Å². The third-order valence-electron chi connectivity index (χ3n) is 2.49. The third-order valence-corrected chi connectivity index (χ3v) is 3.67. The average Bonchev–Trinajstić information content (AvgIpc) is 2.70. The lowest BCUT2D eigenvalue weighted by Gasteiger charge is -2.09. The van der Waals surface area contributed by atoms with E-state index >= 15 is 0 Å². The normalized spacial score (nSPS) is 21.3. The Morgan fingerprint density at radius 2 is 2.14 bits per heavy atom. The lowest BCUT2D eigenvalue weighted by Crippen LogP contribution is -2.23. The predicted molar refractivity (Wildman–Crippen MR) is 62.6 cm³/mol. The second-order valence-corrected chi connectivity index (χ2v) is 4.77. The highest BCUT2D eigenvalue weighted by Gasteiger charge is 2.13. The van der Waals surface area contributed by atoms with Crippen molar-refractivity contribution in [1.82, 2.24) is 5.32 Å². The van der Waals surface area contributed by atoms with Crippen LogP contribution in [-0.4, -0.2) is 18.3 Å². The van der Waals surface area contributed by atoms with Crippen molar-refractivity contribution in [1.29, 1.82) is 0 Å². The van der Waals surface area contributed by atoms with Gasteiger partial charge in [-0.05, 0) is 43.7 Å². The van der Waals surface area contributed by atoms with Crippen molar-refractivity contribution in [3.63, 3.8) is 0 Å². The van der Waals surface area contributed by atoms with Crippen LogP contribution in [0.4, 0.5) is 5.69 Å². The Hall–Kier alpha value is -0.670. The Morgan fingerprint density at radius 1 is 1.36 bits per heavy atom. The molecule has 0 aromatic heterocycles. The van der Waals surface area contributed by atoms with Crippen molar-refractivity contribution in [3.05, 3.63) is 24.3 Å². The molecule has 1 aromatic rings. The van der Waals surface area contributed by atoms with Crippen LogP contribution in [0.2, 0.25) is 0 Å². The lowest BCUT2D eigenvalue weighted by molar-refractivity contribution is 0.674. The van der Waals surface area contributed by atoms with E-state index in [9.17, 15) is 0 Å². The first-order valence-corrected chi connectivity index (χ1v) is 6.05. The molecule has 3 heteroatoms. The number of nitrogens with one attached hydrogen (secondary N) is 1. The summed E-state index contributed by atoms with van der Waals surface area (Å²) >= 11 is 1.91. The topological polar surface area (TPSA) is 38.0 Å². The lowest BCUT2D eigenvalue weighted by atomic mass is 10.3. The van der Waals surface area contributed by atoms with Gasteiger partial charge in [0.15, 0.2) is 0 Å². The van der Waals surface area contributed by atoms with Crippen molar-refractivity contribution in [2.45, 2.75) is 23.8 Å². The van der Waals surface area contributed by atoms with Crippen molar-refractivity contribution in [3.8, 4) is 0 Å². The smallest absolute Gasteiger partial charge is 0.0314 e. The molecule has 0 aliphatic carbocycles. The van der Waals surface area contributed by atoms with Crippen LogP contribution < -0.4 is 11.1 Å². The van der Waals surface area contributed by atoms with E-state index in [2.05, 4.69) is 17.4 Å².